The zero-order chi connectivity index (χ0) is 19.4. The molecule has 0 unspecified atom stereocenters. The molecule has 27 heavy (non-hydrogen) atoms. The molecule has 0 aliphatic carbocycles. The molecular weight excluding hydrogens is 346 g/mol. The largest absolute Gasteiger partial charge is 0.493 e. The fourth-order valence-electron chi connectivity index (χ4n) is 3.32. The number of nitrogens with zero attached hydrogens (tertiary/aromatic N) is 3. The van der Waals surface area contributed by atoms with Crippen molar-refractivity contribution >= 4 is 5.91 Å². The second-order valence-electron chi connectivity index (χ2n) is 7.21. The van der Waals surface area contributed by atoms with Crippen molar-refractivity contribution < 1.29 is 18.8 Å². The van der Waals surface area contributed by atoms with Crippen LogP contribution in [0.15, 0.2) is 22.7 Å². The van der Waals surface area contributed by atoms with E-state index in [2.05, 4.69) is 10.1 Å². The molecule has 0 spiro atoms. The van der Waals surface area contributed by atoms with Crippen molar-refractivity contribution in [2.45, 2.75) is 39.0 Å². The molecule has 1 aromatic heterocycles. The number of hydrogen-bond acceptors (Lipinski definition) is 6. The van der Waals surface area contributed by atoms with Crippen LogP contribution in [-0.2, 0) is 6.42 Å². The minimum absolute atomic E-state index is 0.0225. The minimum Gasteiger partial charge on any atom is -0.493 e. The molecule has 1 aliphatic rings. The van der Waals surface area contributed by atoms with Crippen LogP contribution in [0.5, 0.6) is 11.5 Å². The van der Waals surface area contributed by atoms with Crippen molar-refractivity contribution in [2.24, 2.45) is 5.92 Å². The van der Waals surface area contributed by atoms with Crippen molar-refractivity contribution in [2.75, 3.05) is 27.3 Å². The van der Waals surface area contributed by atoms with Crippen LogP contribution in [-0.4, -0.2) is 48.3 Å². The third-order valence-electron chi connectivity index (χ3n) is 5.00. The van der Waals surface area contributed by atoms with E-state index in [0.29, 0.717) is 28.9 Å². The second-order valence-corrected chi connectivity index (χ2v) is 7.21. The second kappa shape index (κ2) is 8.41. The van der Waals surface area contributed by atoms with Crippen molar-refractivity contribution in [3.8, 4) is 11.5 Å². The lowest BCUT2D eigenvalue weighted by Crippen LogP contribution is -2.38. The molecule has 7 heteroatoms. The predicted octanol–water partition coefficient (Wildman–Crippen LogP) is 3.31. The molecule has 1 fully saturated rings. The van der Waals surface area contributed by atoms with Gasteiger partial charge in [0.2, 0.25) is 5.89 Å². The maximum atomic E-state index is 12.8. The Morgan fingerprint density at radius 1 is 1.22 bits per heavy atom. The van der Waals surface area contributed by atoms with E-state index in [1.807, 2.05) is 18.7 Å². The van der Waals surface area contributed by atoms with Gasteiger partial charge in [0.05, 0.1) is 14.2 Å². The summed E-state index contributed by atoms with van der Waals surface area (Å²) in [5, 5.41) is 4.02. The first-order chi connectivity index (χ1) is 13.0. The van der Waals surface area contributed by atoms with Crippen LogP contribution >= 0.6 is 0 Å². The van der Waals surface area contributed by atoms with Gasteiger partial charge in [-0.2, -0.15) is 4.98 Å². The summed E-state index contributed by atoms with van der Waals surface area (Å²) in [5.41, 5.74) is 0.615. The van der Waals surface area contributed by atoms with Crippen LogP contribution in [0.25, 0.3) is 0 Å². The zero-order valence-corrected chi connectivity index (χ0v) is 16.4. The van der Waals surface area contributed by atoms with Gasteiger partial charge in [-0.05, 0) is 37.0 Å². The molecular formula is C20H27N3O4. The summed E-state index contributed by atoms with van der Waals surface area (Å²) in [6, 6.07) is 5.28. The van der Waals surface area contributed by atoms with E-state index >= 15 is 0 Å². The van der Waals surface area contributed by atoms with E-state index in [-0.39, 0.29) is 11.8 Å². The van der Waals surface area contributed by atoms with Gasteiger partial charge < -0.3 is 18.9 Å². The highest BCUT2D eigenvalue weighted by atomic mass is 16.5. The zero-order valence-electron chi connectivity index (χ0n) is 16.4. The smallest absolute Gasteiger partial charge is 0.253 e. The van der Waals surface area contributed by atoms with E-state index in [0.717, 1.165) is 38.2 Å². The number of aromatic nitrogens is 2. The van der Waals surface area contributed by atoms with Gasteiger partial charge in [-0.1, -0.05) is 19.0 Å². The van der Waals surface area contributed by atoms with Crippen molar-refractivity contribution in [3.05, 3.63) is 35.5 Å². The number of hydrogen-bond donors (Lipinski definition) is 0. The fourth-order valence-corrected chi connectivity index (χ4v) is 3.32. The number of rotatable bonds is 6. The quantitative estimate of drug-likeness (QED) is 0.773. The van der Waals surface area contributed by atoms with Gasteiger partial charge in [-0.15, -0.1) is 0 Å². The maximum Gasteiger partial charge on any atom is 0.253 e. The van der Waals surface area contributed by atoms with Crippen LogP contribution in [0.1, 0.15) is 54.7 Å². The normalized spacial score (nSPS) is 15.2. The molecule has 0 atom stereocenters. The van der Waals surface area contributed by atoms with Gasteiger partial charge in [-0.25, -0.2) is 0 Å². The van der Waals surface area contributed by atoms with Crippen LogP contribution in [0.2, 0.25) is 0 Å². The minimum atomic E-state index is 0.0225. The van der Waals surface area contributed by atoms with E-state index in [1.165, 1.54) is 0 Å². The highest BCUT2D eigenvalue weighted by molar-refractivity contribution is 5.95. The summed E-state index contributed by atoms with van der Waals surface area (Å²) in [4.78, 5) is 19.2. The molecule has 7 nitrogen and oxygen atoms in total. The average Bonchev–Trinajstić information content (AvgIpc) is 3.16. The van der Waals surface area contributed by atoms with Gasteiger partial charge in [-0.3, -0.25) is 4.79 Å². The topological polar surface area (TPSA) is 77.7 Å². The number of methoxy groups -OCH3 is 2. The third kappa shape index (κ3) is 4.40. The Bertz CT molecular complexity index is 779. The summed E-state index contributed by atoms with van der Waals surface area (Å²) < 4.78 is 15.9. The Morgan fingerprint density at radius 2 is 1.93 bits per heavy atom. The van der Waals surface area contributed by atoms with E-state index in [9.17, 15) is 4.79 Å². The molecule has 0 N–H and O–H groups in total. The lowest BCUT2D eigenvalue weighted by molar-refractivity contribution is 0.0687. The van der Waals surface area contributed by atoms with Crippen LogP contribution in [0, 0.1) is 5.92 Å². The number of likely N-dealkylation sites (tertiary alicyclic amines) is 1. The Kier molecular flexibility index (Phi) is 5.98. The van der Waals surface area contributed by atoms with Gasteiger partial charge in [0, 0.05) is 31.0 Å². The Labute approximate surface area is 159 Å². The van der Waals surface area contributed by atoms with Gasteiger partial charge >= 0.3 is 0 Å². The number of carbonyl (C=O) groups is 1. The first kappa shape index (κ1) is 19.2. The molecule has 2 aromatic rings. The summed E-state index contributed by atoms with van der Waals surface area (Å²) >= 11 is 0. The summed E-state index contributed by atoms with van der Waals surface area (Å²) in [7, 11) is 3.15. The first-order valence-electron chi connectivity index (χ1n) is 9.35. The average molecular weight is 373 g/mol. The lowest BCUT2D eigenvalue weighted by Gasteiger charge is -2.31. The van der Waals surface area contributed by atoms with E-state index < -0.39 is 0 Å². The standard InChI is InChI=1S/C20H27N3O4/c1-13(2)19-21-18(27-22-19)11-14-7-9-23(10-8-14)20(24)15-5-6-16(25-3)17(12-15)26-4/h5-6,12-14H,7-11H2,1-4H3. The number of piperidine rings is 1. The van der Waals surface area contributed by atoms with Crippen molar-refractivity contribution in [1.29, 1.82) is 0 Å². The highest BCUT2D eigenvalue weighted by Crippen LogP contribution is 2.29. The maximum absolute atomic E-state index is 12.8. The number of carbonyl (C=O) groups excluding carboxylic acids is 1. The summed E-state index contributed by atoms with van der Waals surface area (Å²) in [6.07, 6.45) is 2.63. The Morgan fingerprint density at radius 3 is 2.52 bits per heavy atom. The molecule has 0 radical (unpaired) electrons. The highest BCUT2D eigenvalue weighted by Gasteiger charge is 2.26. The monoisotopic (exact) mass is 373 g/mol. The SMILES string of the molecule is COc1ccc(C(=O)N2CCC(Cc3nc(C(C)C)no3)CC2)cc1OC. The van der Waals surface area contributed by atoms with Crippen molar-refractivity contribution in [1.82, 2.24) is 15.0 Å². The fraction of sp³-hybridized carbons (Fsp3) is 0.550. The van der Waals surface area contributed by atoms with Crippen LogP contribution in [0.4, 0.5) is 0 Å². The molecule has 1 aliphatic heterocycles. The van der Waals surface area contributed by atoms with E-state index in [1.54, 1.807) is 32.4 Å². The number of ether oxygens (including phenoxy) is 2. The number of benzene rings is 1. The van der Waals surface area contributed by atoms with Gasteiger partial charge in [0.25, 0.3) is 5.91 Å². The van der Waals surface area contributed by atoms with Gasteiger partial charge in [0.1, 0.15) is 0 Å². The molecule has 0 bridgehead atoms. The molecule has 2 heterocycles. The molecule has 3 rings (SSSR count). The molecule has 1 saturated heterocycles. The van der Waals surface area contributed by atoms with Crippen molar-refractivity contribution in [3.63, 3.8) is 0 Å². The van der Waals surface area contributed by atoms with Crippen LogP contribution < -0.4 is 9.47 Å². The van der Waals surface area contributed by atoms with E-state index in [4.69, 9.17) is 14.0 Å². The first-order valence-corrected chi connectivity index (χ1v) is 9.35. The summed E-state index contributed by atoms with van der Waals surface area (Å²) in [6.45, 7) is 5.55. The lowest BCUT2D eigenvalue weighted by atomic mass is 9.93. The molecule has 146 valence electrons. The van der Waals surface area contributed by atoms with Crippen LogP contribution in [0.3, 0.4) is 0 Å². The van der Waals surface area contributed by atoms with Gasteiger partial charge in [0.15, 0.2) is 17.3 Å². The number of amides is 1. The molecule has 1 amide bonds. The summed E-state index contributed by atoms with van der Waals surface area (Å²) in [5.74, 6) is 3.38. The Hall–Kier alpha value is -2.57. The Balaban J connectivity index is 1.57. The molecule has 0 saturated carbocycles. The third-order valence-corrected chi connectivity index (χ3v) is 5.00. The molecule has 1 aromatic carbocycles. The predicted molar refractivity (Wildman–Crippen MR) is 100 cm³/mol.